The molecule has 0 aliphatic rings. The minimum Gasteiger partial charge on any atom is -0.394 e. The molecule has 0 aromatic carbocycles. The Kier molecular flexibility index (Phi) is 3.99. The molecule has 0 bridgehead atoms. The highest BCUT2D eigenvalue weighted by molar-refractivity contribution is 5.38. The van der Waals surface area contributed by atoms with Gasteiger partial charge in [-0.3, -0.25) is 0 Å². The quantitative estimate of drug-likeness (QED) is 0.654. The van der Waals surface area contributed by atoms with Crippen LogP contribution in [0, 0.1) is 6.92 Å². The van der Waals surface area contributed by atoms with Crippen molar-refractivity contribution in [1.82, 2.24) is 9.97 Å². The Morgan fingerprint density at radius 1 is 1.33 bits per heavy atom. The van der Waals surface area contributed by atoms with Gasteiger partial charge in [-0.1, -0.05) is 6.92 Å². The maximum atomic E-state index is 9.24. The molecule has 1 rings (SSSR count). The van der Waals surface area contributed by atoms with E-state index in [-0.39, 0.29) is 13.2 Å². The number of aryl methyl sites for hydroxylation is 1. The van der Waals surface area contributed by atoms with Gasteiger partial charge in [-0.15, -0.1) is 0 Å². The topological polar surface area (TPSA) is 78.3 Å². The van der Waals surface area contributed by atoms with Crippen molar-refractivity contribution in [1.29, 1.82) is 0 Å². The van der Waals surface area contributed by atoms with Gasteiger partial charge in [0.15, 0.2) is 0 Å². The molecule has 1 heterocycles. The SMILES string of the molecule is CCC(CO)(CO)Nc1cc(C)ncn1. The molecule has 15 heavy (non-hydrogen) atoms. The Bertz CT molecular complexity index is 305. The van der Waals surface area contributed by atoms with Crippen molar-refractivity contribution >= 4 is 5.82 Å². The van der Waals surface area contributed by atoms with Crippen LogP contribution in [0.5, 0.6) is 0 Å². The standard InChI is InChI=1S/C10H17N3O2/c1-3-10(5-14,6-15)13-9-4-8(2)11-7-12-9/h4,7,14-15H,3,5-6H2,1-2H3,(H,11,12,13). The molecule has 0 aliphatic heterocycles. The zero-order chi connectivity index (χ0) is 11.3. The number of hydrogen-bond acceptors (Lipinski definition) is 5. The van der Waals surface area contributed by atoms with E-state index in [1.165, 1.54) is 6.33 Å². The van der Waals surface area contributed by atoms with E-state index >= 15 is 0 Å². The summed E-state index contributed by atoms with van der Waals surface area (Å²) in [4.78, 5) is 8.00. The van der Waals surface area contributed by atoms with Gasteiger partial charge in [0.05, 0.1) is 18.8 Å². The molecule has 0 spiro atoms. The predicted octanol–water partition coefficient (Wildman–Crippen LogP) is 0.330. The molecule has 0 fully saturated rings. The van der Waals surface area contributed by atoms with Gasteiger partial charge in [0, 0.05) is 11.8 Å². The largest absolute Gasteiger partial charge is 0.394 e. The molecule has 0 amide bonds. The van der Waals surface area contributed by atoms with Gasteiger partial charge >= 0.3 is 0 Å². The van der Waals surface area contributed by atoms with Gasteiger partial charge in [-0.05, 0) is 13.3 Å². The van der Waals surface area contributed by atoms with E-state index in [0.29, 0.717) is 12.2 Å². The fraction of sp³-hybridized carbons (Fsp3) is 0.600. The van der Waals surface area contributed by atoms with Gasteiger partial charge in [0.25, 0.3) is 0 Å². The average Bonchev–Trinajstić information content (AvgIpc) is 2.26. The first-order valence-corrected chi connectivity index (χ1v) is 4.94. The fourth-order valence-electron chi connectivity index (χ4n) is 1.24. The number of nitrogens with zero attached hydrogens (tertiary/aromatic N) is 2. The first kappa shape index (κ1) is 11.9. The van der Waals surface area contributed by atoms with Crippen LogP contribution in [0.25, 0.3) is 0 Å². The first-order valence-electron chi connectivity index (χ1n) is 4.94. The molecule has 0 saturated carbocycles. The summed E-state index contributed by atoms with van der Waals surface area (Å²) in [7, 11) is 0. The maximum absolute atomic E-state index is 9.24. The number of aromatic nitrogens is 2. The molecular weight excluding hydrogens is 194 g/mol. The van der Waals surface area contributed by atoms with Crippen molar-refractivity contribution in [3.63, 3.8) is 0 Å². The minimum atomic E-state index is -0.708. The normalized spacial score (nSPS) is 11.5. The summed E-state index contributed by atoms with van der Waals surface area (Å²) in [6.07, 6.45) is 2.07. The van der Waals surface area contributed by atoms with E-state index < -0.39 is 5.54 Å². The highest BCUT2D eigenvalue weighted by Gasteiger charge is 2.26. The summed E-state index contributed by atoms with van der Waals surface area (Å²) in [6.45, 7) is 3.48. The third-order valence-corrected chi connectivity index (χ3v) is 2.48. The summed E-state index contributed by atoms with van der Waals surface area (Å²) < 4.78 is 0. The number of aliphatic hydroxyl groups is 2. The Labute approximate surface area is 89.2 Å². The summed E-state index contributed by atoms with van der Waals surface area (Å²) in [5.74, 6) is 0.618. The second-order valence-corrected chi connectivity index (χ2v) is 3.62. The van der Waals surface area contributed by atoms with Gasteiger partial charge < -0.3 is 15.5 Å². The third kappa shape index (κ3) is 2.87. The van der Waals surface area contributed by atoms with Crippen molar-refractivity contribution in [2.45, 2.75) is 25.8 Å². The number of aliphatic hydroxyl groups excluding tert-OH is 2. The first-order chi connectivity index (χ1) is 7.15. The van der Waals surface area contributed by atoms with E-state index in [1.54, 1.807) is 6.07 Å². The number of hydrogen-bond donors (Lipinski definition) is 3. The van der Waals surface area contributed by atoms with Crippen LogP contribution in [-0.2, 0) is 0 Å². The lowest BCUT2D eigenvalue weighted by Gasteiger charge is -2.30. The maximum Gasteiger partial charge on any atom is 0.130 e. The molecular formula is C10H17N3O2. The van der Waals surface area contributed by atoms with Crippen LogP contribution in [0.2, 0.25) is 0 Å². The lowest BCUT2D eigenvalue weighted by atomic mass is 9.98. The zero-order valence-electron chi connectivity index (χ0n) is 9.06. The fourth-order valence-corrected chi connectivity index (χ4v) is 1.24. The monoisotopic (exact) mass is 211 g/mol. The summed E-state index contributed by atoms with van der Waals surface area (Å²) in [5.41, 5.74) is 0.134. The summed E-state index contributed by atoms with van der Waals surface area (Å²) >= 11 is 0. The second-order valence-electron chi connectivity index (χ2n) is 3.62. The molecule has 0 saturated heterocycles. The molecule has 0 radical (unpaired) electrons. The van der Waals surface area contributed by atoms with Crippen molar-refractivity contribution < 1.29 is 10.2 Å². The van der Waals surface area contributed by atoms with Crippen molar-refractivity contribution in [3.05, 3.63) is 18.1 Å². The van der Waals surface area contributed by atoms with Crippen LogP contribution in [0.3, 0.4) is 0 Å². The smallest absolute Gasteiger partial charge is 0.130 e. The van der Waals surface area contributed by atoms with Crippen molar-refractivity contribution in [2.24, 2.45) is 0 Å². The van der Waals surface area contributed by atoms with Crippen LogP contribution in [0.15, 0.2) is 12.4 Å². The highest BCUT2D eigenvalue weighted by atomic mass is 16.3. The predicted molar refractivity (Wildman–Crippen MR) is 57.6 cm³/mol. The minimum absolute atomic E-state index is 0.136. The lowest BCUT2D eigenvalue weighted by molar-refractivity contribution is 0.132. The van der Waals surface area contributed by atoms with E-state index in [0.717, 1.165) is 5.69 Å². The Balaban J connectivity index is 2.82. The van der Waals surface area contributed by atoms with Gasteiger partial charge in [-0.2, -0.15) is 0 Å². The Morgan fingerprint density at radius 3 is 2.47 bits per heavy atom. The molecule has 0 atom stereocenters. The average molecular weight is 211 g/mol. The molecule has 3 N–H and O–H groups in total. The van der Waals surface area contributed by atoms with Crippen LogP contribution >= 0.6 is 0 Å². The molecule has 5 heteroatoms. The summed E-state index contributed by atoms with van der Waals surface area (Å²) in [6, 6.07) is 1.77. The van der Waals surface area contributed by atoms with Crippen LogP contribution in [0.1, 0.15) is 19.0 Å². The number of rotatable bonds is 5. The van der Waals surface area contributed by atoms with Gasteiger partial charge in [-0.25, -0.2) is 9.97 Å². The summed E-state index contributed by atoms with van der Waals surface area (Å²) in [5, 5.41) is 21.5. The molecule has 1 aromatic heterocycles. The Morgan fingerprint density at radius 2 is 2.00 bits per heavy atom. The van der Waals surface area contributed by atoms with Gasteiger partial charge in [0.1, 0.15) is 12.1 Å². The number of nitrogens with one attached hydrogen (secondary N) is 1. The van der Waals surface area contributed by atoms with Crippen LogP contribution in [-0.4, -0.2) is 38.9 Å². The van der Waals surface area contributed by atoms with Crippen molar-refractivity contribution in [3.8, 4) is 0 Å². The molecule has 0 aliphatic carbocycles. The van der Waals surface area contributed by atoms with E-state index in [2.05, 4.69) is 15.3 Å². The Hall–Kier alpha value is -1.20. The van der Waals surface area contributed by atoms with E-state index in [1.807, 2.05) is 13.8 Å². The molecule has 5 nitrogen and oxygen atoms in total. The lowest BCUT2D eigenvalue weighted by Crippen LogP contribution is -2.45. The number of anilines is 1. The van der Waals surface area contributed by atoms with E-state index in [9.17, 15) is 10.2 Å². The van der Waals surface area contributed by atoms with Gasteiger partial charge in [0.2, 0.25) is 0 Å². The highest BCUT2D eigenvalue weighted by Crippen LogP contribution is 2.16. The van der Waals surface area contributed by atoms with Crippen LogP contribution < -0.4 is 5.32 Å². The molecule has 84 valence electrons. The van der Waals surface area contributed by atoms with E-state index in [4.69, 9.17) is 0 Å². The second kappa shape index (κ2) is 5.04. The zero-order valence-corrected chi connectivity index (χ0v) is 9.06. The molecule has 0 unspecified atom stereocenters. The van der Waals surface area contributed by atoms with Crippen molar-refractivity contribution in [2.75, 3.05) is 18.5 Å². The molecule has 1 aromatic rings. The van der Waals surface area contributed by atoms with Crippen LogP contribution in [0.4, 0.5) is 5.82 Å². The third-order valence-electron chi connectivity index (χ3n) is 2.48.